The van der Waals surface area contributed by atoms with Crippen LogP contribution in [0.3, 0.4) is 0 Å². The Morgan fingerprint density at radius 1 is 0.543 bits per heavy atom. The van der Waals surface area contributed by atoms with Gasteiger partial charge in [-0.3, -0.25) is 20.2 Å². The molecule has 46 heavy (non-hydrogen) atoms. The van der Waals surface area contributed by atoms with E-state index in [2.05, 4.69) is 30.6 Å². The fraction of sp³-hybridized carbons (Fsp3) is 0. The van der Waals surface area contributed by atoms with Crippen LogP contribution in [0.15, 0.2) is 122 Å². The zero-order valence-electron chi connectivity index (χ0n) is 24.0. The summed E-state index contributed by atoms with van der Waals surface area (Å²) in [7, 11) is 0. The maximum atomic E-state index is 10.9. The van der Waals surface area contributed by atoms with Gasteiger partial charge in [0.1, 0.15) is 0 Å². The summed E-state index contributed by atoms with van der Waals surface area (Å²) in [5, 5.41) is 27.7. The van der Waals surface area contributed by atoms with Crippen molar-refractivity contribution >= 4 is 46.0 Å². The lowest BCUT2D eigenvalue weighted by atomic mass is 10.1. The molecule has 14 heteroatoms. The topological polar surface area (TPSA) is 214 Å². The summed E-state index contributed by atoms with van der Waals surface area (Å²) < 4.78 is 0. The van der Waals surface area contributed by atoms with Crippen molar-refractivity contribution in [2.24, 2.45) is 0 Å². The Morgan fingerprint density at radius 3 is 1.54 bits per heavy atom. The van der Waals surface area contributed by atoms with Crippen LogP contribution in [0, 0.1) is 20.2 Å². The molecular weight excluding hydrogens is 588 g/mol. The number of rotatable bonds is 8. The molecule has 0 aliphatic heterocycles. The van der Waals surface area contributed by atoms with Crippen molar-refractivity contribution in [2.75, 3.05) is 22.1 Å². The number of nitro groups is 2. The second-order valence-electron chi connectivity index (χ2n) is 9.65. The lowest BCUT2D eigenvalue weighted by Gasteiger charge is -2.07. The largest absolute Gasteiger partial charge is 0.399 e. The van der Waals surface area contributed by atoms with Crippen molar-refractivity contribution in [3.63, 3.8) is 0 Å². The first-order valence-electron chi connectivity index (χ1n) is 13.6. The quantitative estimate of drug-likeness (QED) is 0.0795. The van der Waals surface area contributed by atoms with Crippen molar-refractivity contribution in [3.8, 4) is 22.5 Å². The molecule has 0 atom stereocenters. The zero-order valence-corrected chi connectivity index (χ0v) is 24.0. The fourth-order valence-electron chi connectivity index (χ4n) is 4.21. The van der Waals surface area contributed by atoms with E-state index in [9.17, 15) is 20.2 Å². The fourth-order valence-corrected chi connectivity index (χ4v) is 4.21. The Labute approximate surface area is 262 Å². The van der Waals surface area contributed by atoms with Crippen LogP contribution < -0.4 is 22.1 Å². The van der Waals surface area contributed by atoms with Crippen molar-refractivity contribution in [1.29, 1.82) is 0 Å². The number of nitro benzene ring substituents is 2. The third-order valence-electron chi connectivity index (χ3n) is 6.30. The molecule has 0 saturated heterocycles. The molecule has 2 heterocycles. The summed E-state index contributed by atoms with van der Waals surface area (Å²) in [6, 6.07) is 30.5. The number of hydrogen-bond donors (Lipinski definition) is 4. The highest BCUT2D eigenvalue weighted by Gasteiger charge is 2.10. The van der Waals surface area contributed by atoms with Crippen molar-refractivity contribution in [2.45, 2.75) is 0 Å². The number of anilines is 6. The van der Waals surface area contributed by atoms with Crippen LogP contribution in [0.5, 0.6) is 0 Å². The summed E-state index contributed by atoms with van der Waals surface area (Å²) in [6.07, 6.45) is 3.21. The lowest BCUT2D eigenvalue weighted by Crippen LogP contribution is -1.99. The monoisotopic (exact) mass is 614 g/mol. The highest BCUT2D eigenvalue weighted by atomic mass is 16.6. The summed E-state index contributed by atoms with van der Waals surface area (Å²) in [4.78, 5) is 37.8. The molecule has 6 aromatic rings. The molecule has 0 saturated carbocycles. The van der Waals surface area contributed by atoms with E-state index in [0.717, 1.165) is 16.9 Å². The first-order valence-corrected chi connectivity index (χ1v) is 13.6. The normalized spacial score (nSPS) is 10.3. The summed E-state index contributed by atoms with van der Waals surface area (Å²) in [5.41, 5.74) is 17.0. The predicted octanol–water partition coefficient (Wildman–Crippen LogP) is 6.76. The van der Waals surface area contributed by atoms with Gasteiger partial charge < -0.3 is 22.1 Å². The van der Waals surface area contributed by atoms with Gasteiger partial charge >= 0.3 is 0 Å². The van der Waals surface area contributed by atoms with E-state index in [0.29, 0.717) is 34.3 Å². The van der Waals surface area contributed by atoms with Gasteiger partial charge in [-0.15, -0.1) is 0 Å². The number of nitrogens with zero attached hydrogens (tertiary/aromatic N) is 6. The number of non-ortho nitro benzene ring substituents is 2. The van der Waals surface area contributed by atoms with Gasteiger partial charge in [0.05, 0.1) is 21.2 Å². The molecule has 0 spiro atoms. The molecule has 14 nitrogen and oxygen atoms in total. The highest BCUT2D eigenvalue weighted by Crippen LogP contribution is 2.25. The molecule has 6 rings (SSSR count). The Kier molecular flexibility index (Phi) is 9.29. The van der Waals surface area contributed by atoms with Crippen LogP contribution in [-0.2, 0) is 0 Å². The van der Waals surface area contributed by atoms with E-state index in [1.165, 1.54) is 30.5 Å². The average molecular weight is 615 g/mol. The minimum atomic E-state index is -0.494. The molecule has 228 valence electrons. The molecule has 0 amide bonds. The Hall–Kier alpha value is -6.96. The van der Waals surface area contributed by atoms with Gasteiger partial charge in [-0.25, -0.2) is 19.9 Å². The molecular formula is C32H26N10O4. The van der Waals surface area contributed by atoms with Crippen LogP contribution in [-0.4, -0.2) is 29.8 Å². The molecule has 4 aromatic carbocycles. The maximum absolute atomic E-state index is 10.9. The van der Waals surface area contributed by atoms with E-state index >= 15 is 0 Å². The van der Waals surface area contributed by atoms with Crippen LogP contribution in [0.25, 0.3) is 22.5 Å². The minimum absolute atomic E-state index is 0.0377. The number of nitrogen functional groups attached to an aromatic ring is 2. The van der Waals surface area contributed by atoms with Gasteiger partial charge in [0.15, 0.2) is 0 Å². The third-order valence-corrected chi connectivity index (χ3v) is 6.30. The van der Waals surface area contributed by atoms with Gasteiger partial charge in [0.2, 0.25) is 11.9 Å². The first kappa shape index (κ1) is 30.5. The van der Waals surface area contributed by atoms with E-state index in [1.807, 2.05) is 54.6 Å². The first-order chi connectivity index (χ1) is 22.2. The standard InChI is InChI=1S/C16H11N5O4.C16H15N5/c22-20(23)13-5-1-3-11(9-13)15-7-8-17-16(19-15)18-12-4-2-6-14(10-12)21(24)25;17-12-4-1-3-11(9-12)15-7-8-19-16(21-15)20-14-6-2-5-13(18)10-14/h1-10H,(H,17,18,19);1-10H,17-18H2,(H,19,20,21). The van der Waals surface area contributed by atoms with Crippen molar-refractivity contribution in [1.82, 2.24) is 19.9 Å². The summed E-state index contributed by atoms with van der Waals surface area (Å²) in [6.45, 7) is 0. The number of nitrogens with one attached hydrogen (secondary N) is 2. The number of nitrogens with two attached hydrogens (primary N) is 2. The Bertz CT molecular complexity index is 2020. The summed E-state index contributed by atoms with van der Waals surface area (Å²) >= 11 is 0. The Morgan fingerprint density at radius 2 is 1.00 bits per heavy atom. The zero-order chi connectivity index (χ0) is 32.5. The molecule has 2 aromatic heterocycles. The van der Waals surface area contributed by atoms with Crippen molar-refractivity contribution < 1.29 is 9.85 Å². The second-order valence-corrected chi connectivity index (χ2v) is 9.65. The van der Waals surface area contributed by atoms with Gasteiger partial charge in [-0.1, -0.05) is 36.4 Å². The van der Waals surface area contributed by atoms with Gasteiger partial charge in [0, 0.05) is 70.5 Å². The molecule has 0 radical (unpaired) electrons. The molecule has 0 aliphatic carbocycles. The molecule has 0 aliphatic rings. The van der Waals surface area contributed by atoms with Crippen molar-refractivity contribution in [3.05, 3.63) is 142 Å². The number of benzene rings is 4. The highest BCUT2D eigenvalue weighted by molar-refractivity contribution is 5.67. The van der Waals surface area contributed by atoms with Crippen LogP contribution in [0.4, 0.5) is 46.0 Å². The van der Waals surface area contributed by atoms with Gasteiger partial charge in [-0.2, -0.15) is 0 Å². The minimum Gasteiger partial charge on any atom is -0.399 e. The predicted molar refractivity (Wildman–Crippen MR) is 177 cm³/mol. The van der Waals surface area contributed by atoms with E-state index in [4.69, 9.17) is 11.5 Å². The summed E-state index contributed by atoms with van der Waals surface area (Å²) in [5.74, 6) is 0.741. The molecule has 6 N–H and O–H groups in total. The SMILES string of the molecule is Nc1cccc(Nc2nccc(-c3cccc(N)c3)n2)c1.O=[N+]([O-])c1cccc(Nc2nccc(-c3cccc([N+](=O)[O-])c3)n2)c1. The number of hydrogen-bond acceptors (Lipinski definition) is 12. The molecule has 0 fully saturated rings. The van der Waals surface area contributed by atoms with Gasteiger partial charge in [-0.05, 0) is 48.5 Å². The van der Waals surface area contributed by atoms with Gasteiger partial charge in [0.25, 0.3) is 11.4 Å². The van der Waals surface area contributed by atoms with E-state index < -0.39 is 9.85 Å². The molecule has 0 bridgehead atoms. The second kappa shape index (κ2) is 14.0. The molecule has 0 unspecified atom stereocenters. The Balaban J connectivity index is 0.000000184. The average Bonchev–Trinajstić information content (AvgIpc) is 3.05. The maximum Gasteiger partial charge on any atom is 0.271 e. The smallest absolute Gasteiger partial charge is 0.271 e. The van der Waals surface area contributed by atoms with E-state index in [-0.39, 0.29) is 17.3 Å². The van der Waals surface area contributed by atoms with Crippen LogP contribution >= 0.6 is 0 Å². The van der Waals surface area contributed by atoms with E-state index in [1.54, 1.807) is 36.5 Å². The van der Waals surface area contributed by atoms with Crippen LogP contribution in [0.1, 0.15) is 0 Å². The third kappa shape index (κ3) is 8.11. The van der Waals surface area contributed by atoms with Crippen LogP contribution in [0.2, 0.25) is 0 Å². The number of aromatic nitrogens is 4. The lowest BCUT2D eigenvalue weighted by molar-refractivity contribution is -0.385.